The number of nitrogens with one attached hydrogen (secondary N) is 2. The van der Waals surface area contributed by atoms with Crippen molar-refractivity contribution in [3.63, 3.8) is 0 Å². The first kappa shape index (κ1) is 19.8. The second kappa shape index (κ2) is 7.71. The molecule has 11 nitrogen and oxygen atoms in total. The fraction of sp³-hybridized carbons (Fsp3) is 0.100. The number of nitro benzene ring substituents is 1. The Morgan fingerprint density at radius 3 is 2.71 bits per heavy atom. The van der Waals surface area contributed by atoms with E-state index in [0.29, 0.717) is 22.7 Å². The van der Waals surface area contributed by atoms with E-state index in [1.165, 1.54) is 35.2 Å². The number of anilines is 1. The van der Waals surface area contributed by atoms with E-state index in [2.05, 4.69) is 20.4 Å². The van der Waals surface area contributed by atoms with E-state index in [-0.39, 0.29) is 28.6 Å². The number of benzene rings is 1. The predicted molar refractivity (Wildman–Crippen MR) is 110 cm³/mol. The van der Waals surface area contributed by atoms with Crippen LogP contribution in [0.1, 0.15) is 21.6 Å². The summed E-state index contributed by atoms with van der Waals surface area (Å²) in [5.41, 5.74) is 0.892. The molecule has 11 heteroatoms. The van der Waals surface area contributed by atoms with Gasteiger partial charge in [-0.15, -0.1) is 0 Å². The minimum atomic E-state index is -0.595. The largest absolute Gasteiger partial charge is 0.463 e. The van der Waals surface area contributed by atoms with Crippen molar-refractivity contribution in [2.75, 3.05) is 5.32 Å². The van der Waals surface area contributed by atoms with Gasteiger partial charge in [-0.05, 0) is 32.0 Å². The summed E-state index contributed by atoms with van der Waals surface area (Å²) in [4.78, 5) is 42.4. The molecule has 31 heavy (non-hydrogen) atoms. The Morgan fingerprint density at radius 2 is 2.03 bits per heavy atom. The van der Waals surface area contributed by atoms with E-state index in [1.54, 1.807) is 32.0 Å². The fourth-order valence-corrected chi connectivity index (χ4v) is 2.86. The minimum Gasteiger partial charge on any atom is -0.463 e. The number of non-ortho nitro benzene ring substituents is 1. The van der Waals surface area contributed by atoms with Gasteiger partial charge in [0.2, 0.25) is 5.95 Å². The summed E-state index contributed by atoms with van der Waals surface area (Å²) in [5, 5.41) is 18.1. The summed E-state index contributed by atoms with van der Waals surface area (Å²) in [7, 11) is 0. The molecule has 0 spiro atoms. The number of aryl methyl sites for hydroxylation is 1. The Morgan fingerprint density at radius 1 is 1.23 bits per heavy atom. The molecule has 0 aliphatic heterocycles. The summed E-state index contributed by atoms with van der Waals surface area (Å²) >= 11 is 0. The van der Waals surface area contributed by atoms with Gasteiger partial charge in [0.1, 0.15) is 11.5 Å². The number of nitrogens with zero attached hydrogens (tertiary/aromatic N) is 4. The Hall–Kier alpha value is -4.54. The Bertz CT molecular complexity index is 1350. The molecule has 0 fully saturated rings. The molecule has 3 aromatic heterocycles. The maximum atomic E-state index is 12.8. The number of furan rings is 1. The van der Waals surface area contributed by atoms with Crippen LogP contribution >= 0.6 is 0 Å². The van der Waals surface area contributed by atoms with Gasteiger partial charge >= 0.3 is 0 Å². The van der Waals surface area contributed by atoms with Crippen molar-refractivity contribution in [1.29, 1.82) is 0 Å². The number of aromatic amines is 1. The molecule has 0 aliphatic rings. The molecule has 1 aromatic carbocycles. The van der Waals surface area contributed by atoms with E-state index < -0.39 is 10.8 Å². The van der Waals surface area contributed by atoms with Gasteiger partial charge in [0.25, 0.3) is 17.2 Å². The zero-order chi connectivity index (χ0) is 22.1. The van der Waals surface area contributed by atoms with Crippen molar-refractivity contribution in [3.05, 3.63) is 86.0 Å². The van der Waals surface area contributed by atoms with Gasteiger partial charge < -0.3 is 9.73 Å². The smallest absolute Gasteiger partial charge is 0.270 e. The van der Waals surface area contributed by atoms with Crippen LogP contribution in [0.15, 0.2) is 57.9 Å². The van der Waals surface area contributed by atoms with Gasteiger partial charge in [0, 0.05) is 35.0 Å². The summed E-state index contributed by atoms with van der Waals surface area (Å²) in [6, 6.07) is 10.2. The SMILES string of the molecule is Cc1nc(-n2nc(-c3ccco3)cc2NC(=O)c2cccc([N+](=O)[O-])c2)[nH]c(=O)c1C. The summed E-state index contributed by atoms with van der Waals surface area (Å²) < 4.78 is 6.63. The van der Waals surface area contributed by atoms with Crippen LogP contribution in [0.2, 0.25) is 0 Å². The quantitative estimate of drug-likeness (QED) is 0.372. The minimum absolute atomic E-state index is 0.0861. The lowest BCUT2D eigenvalue weighted by Crippen LogP contribution is -2.20. The van der Waals surface area contributed by atoms with Crippen molar-refractivity contribution in [2.45, 2.75) is 13.8 Å². The summed E-state index contributed by atoms with van der Waals surface area (Å²) in [6.07, 6.45) is 1.48. The van der Waals surface area contributed by atoms with Crippen molar-refractivity contribution >= 4 is 17.4 Å². The lowest BCUT2D eigenvalue weighted by Gasteiger charge is -2.09. The zero-order valence-electron chi connectivity index (χ0n) is 16.4. The fourth-order valence-electron chi connectivity index (χ4n) is 2.86. The van der Waals surface area contributed by atoms with Crippen LogP contribution in [0, 0.1) is 24.0 Å². The number of nitro groups is 1. The summed E-state index contributed by atoms with van der Waals surface area (Å²) in [5.74, 6) is 0.132. The first-order valence-electron chi connectivity index (χ1n) is 9.11. The number of aromatic nitrogens is 4. The molecule has 1 amide bonds. The first-order valence-corrected chi connectivity index (χ1v) is 9.11. The van der Waals surface area contributed by atoms with Crippen molar-refractivity contribution in [3.8, 4) is 17.4 Å². The number of amides is 1. The molecule has 0 saturated carbocycles. The Balaban J connectivity index is 1.78. The highest BCUT2D eigenvalue weighted by atomic mass is 16.6. The molecular formula is C20H16N6O5. The zero-order valence-corrected chi connectivity index (χ0v) is 16.4. The monoisotopic (exact) mass is 420 g/mol. The van der Waals surface area contributed by atoms with Crippen molar-refractivity contribution < 1.29 is 14.1 Å². The molecule has 3 heterocycles. The number of hydrogen-bond acceptors (Lipinski definition) is 7. The standard InChI is InChI=1S/C20H16N6O5/c1-11-12(2)21-20(23-18(11)27)25-17(10-15(24-25)16-7-4-8-31-16)22-19(28)13-5-3-6-14(9-13)26(29)30/h3-10H,1-2H3,(H,22,28)(H,21,23,27). The predicted octanol–water partition coefficient (Wildman–Crippen LogP) is 2.99. The van der Waals surface area contributed by atoms with Gasteiger partial charge in [-0.25, -0.2) is 4.98 Å². The Kier molecular flexibility index (Phi) is 4.91. The molecule has 0 radical (unpaired) electrons. The van der Waals surface area contributed by atoms with Gasteiger partial charge in [-0.2, -0.15) is 9.78 Å². The maximum absolute atomic E-state index is 12.8. The topological polar surface area (TPSA) is 149 Å². The maximum Gasteiger partial charge on any atom is 0.270 e. The van der Waals surface area contributed by atoms with E-state index in [9.17, 15) is 19.7 Å². The normalized spacial score (nSPS) is 10.8. The van der Waals surface area contributed by atoms with Crippen molar-refractivity contribution in [2.24, 2.45) is 0 Å². The van der Waals surface area contributed by atoms with Crippen molar-refractivity contribution in [1.82, 2.24) is 19.7 Å². The second-order valence-electron chi connectivity index (χ2n) is 6.67. The second-order valence-corrected chi connectivity index (χ2v) is 6.67. The third-order valence-electron chi connectivity index (χ3n) is 4.63. The Labute approximate surface area is 174 Å². The number of rotatable bonds is 5. The molecule has 4 aromatic rings. The van der Waals surface area contributed by atoms with Crippen LogP contribution in [-0.4, -0.2) is 30.6 Å². The van der Waals surface area contributed by atoms with Gasteiger partial charge in [-0.3, -0.25) is 24.7 Å². The van der Waals surface area contributed by atoms with Crippen LogP contribution in [0.3, 0.4) is 0 Å². The number of carbonyl (C=O) groups is 1. The van der Waals surface area contributed by atoms with Crippen LogP contribution < -0.4 is 10.9 Å². The van der Waals surface area contributed by atoms with Gasteiger partial charge in [0.05, 0.1) is 11.2 Å². The highest BCUT2D eigenvalue weighted by Crippen LogP contribution is 2.25. The summed E-state index contributed by atoms with van der Waals surface area (Å²) in [6.45, 7) is 3.33. The number of hydrogen-bond donors (Lipinski definition) is 2. The lowest BCUT2D eigenvalue weighted by atomic mass is 10.2. The average Bonchev–Trinajstić information content (AvgIpc) is 3.41. The molecule has 0 saturated heterocycles. The molecule has 0 aliphatic carbocycles. The van der Waals surface area contributed by atoms with Crippen LogP contribution in [0.25, 0.3) is 17.4 Å². The third-order valence-corrected chi connectivity index (χ3v) is 4.63. The third kappa shape index (κ3) is 3.83. The number of carbonyl (C=O) groups excluding carboxylic acids is 1. The molecule has 0 atom stereocenters. The molecule has 0 unspecified atom stereocenters. The highest BCUT2D eigenvalue weighted by Gasteiger charge is 2.19. The van der Waals surface area contributed by atoms with E-state index in [4.69, 9.17) is 4.42 Å². The van der Waals surface area contributed by atoms with Gasteiger partial charge in [0.15, 0.2) is 5.76 Å². The first-order chi connectivity index (χ1) is 14.8. The molecule has 2 N–H and O–H groups in total. The van der Waals surface area contributed by atoms with Crippen LogP contribution in [-0.2, 0) is 0 Å². The number of H-pyrrole nitrogens is 1. The molecule has 0 bridgehead atoms. The molecule has 156 valence electrons. The molecule has 4 rings (SSSR count). The molecular weight excluding hydrogens is 404 g/mol. The average molecular weight is 420 g/mol. The van der Waals surface area contributed by atoms with E-state index in [1.807, 2.05) is 0 Å². The van der Waals surface area contributed by atoms with E-state index >= 15 is 0 Å². The lowest BCUT2D eigenvalue weighted by molar-refractivity contribution is -0.384. The highest BCUT2D eigenvalue weighted by molar-refractivity contribution is 6.04. The van der Waals surface area contributed by atoms with Gasteiger partial charge in [-0.1, -0.05) is 6.07 Å². The van der Waals surface area contributed by atoms with E-state index in [0.717, 1.165) is 0 Å². The van der Waals surface area contributed by atoms with Crippen LogP contribution in [0.4, 0.5) is 11.5 Å². The van der Waals surface area contributed by atoms with Crippen LogP contribution in [0.5, 0.6) is 0 Å².